The third-order valence-corrected chi connectivity index (χ3v) is 2.97. The summed E-state index contributed by atoms with van der Waals surface area (Å²) >= 11 is 0. The van der Waals surface area contributed by atoms with E-state index in [1.54, 1.807) is 0 Å². The molecule has 0 spiro atoms. The number of carbonyl (C=O) groups excluding carboxylic acids is 1. The topological polar surface area (TPSA) is 26.3 Å². The van der Waals surface area contributed by atoms with Crippen molar-refractivity contribution in [1.82, 2.24) is 0 Å². The molecule has 0 saturated heterocycles. The first-order valence-corrected chi connectivity index (χ1v) is 6.28. The van der Waals surface area contributed by atoms with Crippen molar-refractivity contribution in [3.8, 4) is 0 Å². The van der Waals surface area contributed by atoms with Crippen molar-refractivity contribution in [1.29, 1.82) is 0 Å². The SMILES string of the molecule is C=CC[N+](C)(CC=C)C(CCC)C(=O)OCC. The van der Waals surface area contributed by atoms with Gasteiger partial charge in [-0.05, 0) is 25.5 Å². The Balaban J connectivity index is 4.98. The second-order valence-corrected chi connectivity index (χ2v) is 4.48. The van der Waals surface area contributed by atoms with E-state index >= 15 is 0 Å². The molecule has 0 aromatic carbocycles. The molecule has 0 saturated carbocycles. The van der Waals surface area contributed by atoms with E-state index < -0.39 is 0 Å². The van der Waals surface area contributed by atoms with Gasteiger partial charge in [0.25, 0.3) is 0 Å². The van der Waals surface area contributed by atoms with E-state index in [0.29, 0.717) is 11.1 Å². The number of carbonyl (C=O) groups is 1. The van der Waals surface area contributed by atoms with E-state index in [9.17, 15) is 4.79 Å². The fourth-order valence-corrected chi connectivity index (χ4v) is 2.11. The third kappa shape index (κ3) is 4.73. The van der Waals surface area contributed by atoms with Crippen molar-refractivity contribution >= 4 is 5.97 Å². The lowest BCUT2D eigenvalue weighted by Crippen LogP contribution is -2.56. The van der Waals surface area contributed by atoms with E-state index in [0.717, 1.165) is 25.9 Å². The minimum absolute atomic E-state index is 0.111. The van der Waals surface area contributed by atoms with Gasteiger partial charge < -0.3 is 9.22 Å². The van der Waals surface area contributed by atoms with E-state index in [-0.39, 0.29) is 12.0 Å². The lowest BCUT2D eigenvalue weighted by molar-refractivity contribution is -0.914. The molecule has 98 valence electrons. The Kier molecular flexibility index (Phi) is 7.55. The molecule has 0 amide bonds. The first-order chi connectivity index (χ1) is 8.05. The van der Waals surface area contributed by atoms with Gasteiger partial charge in [0.1, 0.15) is 0 Å². The van der Waals surface area contributed by atoms with E-state index in [1.165, 1.54) is 0 Å². The highest BCUT2D eigenvalue weighted by Crippen LogP contribution is 2.17. The number of likely N-dealkylation sites (N-methyl/N-ethyl adjacent to an activating group) is 1. The number of hydrogen-bond donors (Lipinski definition) is 0. The van der Waals surface area contributed by atoms with Gasteiger partial charge in [0.15, 0.2) is 6.04 Å². The fraction of sp³-hybridized carbons (Fsp3) is 0.643. The first-order valence-electron chi connectivity index (χ1n) is 6.28. The maximum absolute atomic E-state index is 12.0. The second kappa shape index (κ2) is 8.07. The summed E-state index contributed by atoms with van der Waals surface area (Å²) in [6.07, 6.45) is 5.50. The van der Waals surface area contributed by atoms with Crippen molar-refractivity contribution in [2.75, 3.05) is 26.7 Å². The Morgan fingerprint density at radius 2 is 1.82 bits per heavy atom. The average Bonchev–Trinajstić information content (AvgIpc) is 2.26. The van der Waals surface area contributed by atoms with Crippen LogP contribution in [0.4, 0.5) is 0 Å². The molecule has 0 aliphatic rings. The second-order valence-electron chi connectivity index (χ2n) is 4.48. The summed E-state index contributed by atoms with van der Waals surface area (Å²) in [6.45, 7) is 13.4. The molecule has 0 N–H and O–H groups in total. The lowest BCUT2D eigenvalue weighted by Gasteiger charge is -2.38. The number of hydrogen-bond acceptors (Lipinski definition) is 2. The summed E-state index contributed by atoms with van der Waals surface area (Å²) in [5.74, 6) is -0.111. The molecule has 0 fully saturated rings. The normalized spacial score (nSPS) is 12.9. The molecule has 0 rings (SSSR count). The summed E-state index contributed by atoms with van der Waals surface area (Å²) in [5, 5.41) is 0. The van der Waals surface area contributed by atoms with Crippen LogP contribution in [0.15, 0.2) is 25.3 Å². The molecule has 3 nitrogen and oxygen atoms in total. The zero-order valence-electron chi connectivity index (χ0n) is 11.4. The zero-order valence-corrected chi connectivity index (χ0v) is 11.4. The van der Waals surface area contributed by atoms with Crippen LogP contribution < -0.4 is 0 Å². The van der Waals surface area contributed by atoms with Crippen molar-refractivity contribution < 1.29 is 14.0 Å². The smallest absolute Gasteiger partial charge is 0.364 e. The summed E-state index contributed by atoms with van der Waals surface area (Å²) < 4.78 is 5.77. The predicted molar refractivity (Wildman–Crippen MR) is 71.6 cm³/mol. The van der Waals surface area contributed by atoms with Crippen molar-refractivity contribution in [2.24, 2.45) is 0 Å². The molecule has 0 bridgehead atoms. The Labute approximate surface area is 105 Å². The van der Waals surface area contributed by atoms with Gasteiger partial charge in [0.05, 0.1) is 26.7 Å². The van der Waals surface area contributed by atoms with Crippen LogP contribution in [0, 0.1) is 0 Å². The van der Waals surface area contributed by atoms with Crippen molar-refractivity contribution in [3.05, 3.63) is 25.3 Å². The van der Waals surface area contributed by atoms with Gasteiger partial charge in [-0.3, -0.25) is 0 Å². The fourth-order valence-electron chi connectivity index (χ4n) is 2.11. The molecular formula is C14H26NO2+. The molecule has 0 aliphatic carbocycles. The highest BCUT2D eigenvalue weighted by atomic mass is 16.5. The van der Waals surface area contributed by atoms with Gasteiger partial charge in [-0.15, -0.1) is 0 Å². The van der Waals surface area contributed by atoms with Crippen molar-refractivity contribution in [2.45, 2.75) is 32.7 Å². The largest absolute Gasteiger partial charge is 0.462 e. The summed E-state index contributed by atoms with van der Waals surface area (Å²) in [6, 6.07) is -0.129. The molecule has 0 aromatic rings. The average molecular weight is 240 g/mol. The lowest BCUT2D eigenvalue weighted by atomic mass is 10.1. The van der Waals surface area contributed by atoms with E-state index in [4.69, 9.17) is 4.74 Å². The summed E-state index contributed by atoms with van der Waals surface area (Å²) in [7, 11) is 2.06. The Morgan fingerprint density at radius 3 is 2.18 bits per heavy atom. The number of ether oxygens (including phenoxy) is 1. The minimum atomic E-state index is -0.129. The van der Waals surface area contributed by atoms with Crippen LogP contribution in [0.5, 0.6) is 0 Å². The number of quaternary nitrogens is 1. The van der Waals surface area contributed by atoms with Crippen LogP contribution in [0.1, 0.15) is 26.7 Å². The molecular weight excluding hydrogens is 214 g/mol. The molecule has 17 heavy (non-hydrogen) atoms. The van der Waals surface area contributed by atoms with Crippen LogP contribution in [0.3, 0.4) is 0 Å². The third-order valence-electron chi connectivity index (χ3n) is 2.97. The molecule has 1 atom stereocenters. The van der Waals surface area contributed by atoms with Crippen LogP contribution >= 0.6 is 0 Å². The van der Waals surface area contributed by atoms with Gasteiger partial charge in [-0.1, -0.05) is 20.1 Å². The summed E-state index contributed by atoms with van der Waals surface area (Å²) in [5.41, 5.74) is 0. The minimum Gasteiger partial charge on any atom is -0.462 e. The van der Waals surface area contributed by atoms with Crippen LogP contribution in [-0.2, 0) is 9.53 Å². The summed E-state index contributed by atoms with van der Waals surface area (Å²) in [4.78, 5) is 12.0. The first kappa shape index (κ1) is 15.9. The standard InChI is InChI=1S/C14H26NO2/c1-6-10-13(14(16)17-9-4)15(5,11-7-2)12-8-3/h7-8,13H,2-3,6,9-12H2,1,4-5H3/q+1. The van der Waals surface area contributed by atoms with Gasteiger partial charge in [0, 0.05) is 6.42 Å². The van der Waals surface area contributed by atoms with Crippen molar-refractivity contribution in [3.63, 3.8) is 0 Å². The molecule has 0 heterocycles. The van der Waals surface area contributed by atoms with Gasteiger partial charge in [-0.25, -0.2) is 4.79 Å². The molecule has 1 unspecified atom stereocenters. The Bertz CT molecular complexity index is 251. The quantitative estimate of drug-likeness (QED) is 0.352. The van der Waals surface area contributed by atoms with Crippen LogP contribution in [0.25, 0.3) is 0 Å². The number of nitrogens with zero attached hydrogens (tertiary/aromatic N) is 1. The Hall–Kier alpha value is -1.09. The predicted octanol–water partition coefficient (Wildman–Crippen LogP) is 2.54. The molecule has 0 aliphatic heterocycles. The highest BCUT2D eigenvalue weighted by molar-refractivity contribution is 5.74. The Morgan fingerprint density at radius 1 is 1.29 bits per heavy atom. The maximum atomic E-state index is 12.0. The molecule has 0 radical (unpaired) electrons. The number of esters is 1. The van der Waals surface area contributed by atoms with Crippen LogP contribution in [-0.4, -0.2) is 43.2 Å². The van der Waals surface area contributed by atoms with E-state index in [1.807, 2.05) is 19.1 Å². The zero-order chi connectivity index (χ0) is 13.3. The highest BCUT2D eigenvalue weighted by Gasteiger charge is 2.36. The number of rotatable bonds is 9. The van der Waals surface area contributed by atoms with Crippen LogP contribution in [0.2, 0.25) is 0 Å². The van der Waals surface area contributed by atoms with Gasteiger partial charge in [0.2, 0.25) is 0 Å². The van der Waals surface area contributed by atoms with Gasteiger partial charge in [-0.2, -0.15) is 0 Å². The van der Waals surface area contributed by atoms with Gasteiger partial charge >= 0.3 is 5.97 Å². The van der Waals surface area contributed by atoms with E-state index in [2.05, 4.69) is 27.1 Å². The maximum Gasteiger partial charge on any atom is 0.364 e. The molecule has 3 heteroatoms. The molecule has 0 aromatic heterocycles. The monoisotopic (exact) mass is 240 g/mol.